The minimum Gasteiger partial charge on any atom is -0.487 e. The van der Waals surface area contributed by atoms with E-state index in [2.05, 4.69) is 19.1 Å². The number of aliphatic imine (C=N–C) groups is 1. The maximum Gasteiger partial charge on any atom is 0.283 e. The van der Waals surface area contributed by atoms with Gasteiger partial charge < -0.3 is 19.9 Å². The van der Waals surface area contributed by atoms with E-state index >= 15 is 0 Å². The molecular formula is C22H21N3O3. The number of rotatable bonds is 1. The Morgan fingerprint density at radius 3 is 2.86 bits per heavy atom. The van der Waals surface area contributed by atoms with Crippen LogP contribution in [-0.4, -0.2) is 31.4 Å². The average Bonchev–Trinajstić information content (AvgIpc) is 3.10. The second-order valence-corrected chi connectivity index (χ2v) is 7.86. The fraction of sp³-hybridized carbons (Fsp3) is 0.364. The molecule has 142 valence electrons. The number of nitrogens with zero attached hydrogens (tertiary/aromatic N) is 2. The maximum atomic E-state index is 9.22. The zero-order chi connectivity index (χ0) is 19.4. The van der Waals surface area contributed by atoms with Crippen molar-refractivity contribution in [3.63, 3.8) is 0 Å². The molecule has 0 amide bonds. The van der Waals surface area contributed by atoms with Crippen molar-refractivity contribution in [2.45, 2.75) is 24.5 Å². The molecule has 28 heavy (non-hydrogen) atoms. The third-order valence-electron chi connectivity index (χ3n) is 6.20. The second kappa shape index (κ2) is 5.98. The highest BCUT2D eigenvalue weighted by molar-refractivity contribution is 5.76. The standard InChI is InChI=1S/C22H21N3O3/c1-21-7-8-26-12-19(21)22(13-27-20(24)25-22)17-10-16(5-6-18(17)28-21)15-4-2-3-14(9-15)11-23/h2-6,9-10,19H,7-8,12-13H2,1H3,(H2,24,25)/t19?,21-,22?/m0/s1. The molecule has 0 aliphatic carbocycles. The Kier molecular flexibility index (Phi) is 3.65. The molecule has 5 rings (SSSR count). The molecular weight excluding hydrogens is 354 g/mol. The van der Waals surface area contributed by atoms with Gasteiger partial charge in [-0.3, -0.25) is 0 Å². The monoisotopic (exact) mass is 375 g/mol. The van der Waals surface area contributed by atoms with Gasteiger partial charge in [0.05, 0.1) is 30.8 Å². The third-order valence-corrected chi connectivity index (χ3v) is 6.20. The van der Waals surface area contributed by atoms with Gasteiger partial charge in [-0.25, -0.2) is 4.99 Å². The lowest BCUT2D eigenvalue weighted by Gasteiger charge is -2.52. The summed E-state index contributed by atoms with van der Waals surface area (Å²) in [5, 5.41) is 9.22. The van der Waals surface area contributed by atoms with E-state index in [9.17, 15) is 5.26 Å². The summed E-state index contributed by atoms with van der Waals surface area (Å²) in [7, 11) is 0. The van der Waals surface area contributed by atoms with Crippen LogP contribution in [-0.2, 0) is 15.0 Å². The van der Waals surface area contributed by atoms with Gasteiger partial charge >= 0.3 is 0 Å². The Balaban J connectivity index is 1.69. The first-order valence-electron chi connectivity index (χ1n) is 9.44. The number of hydrogen-bond acceptors (Lipinski definition) is 6. The van der Waals surface area contributed by atoms with Crippen molar-refractivity contribution in [3.8, 4) is 22.9 Å². The summed E-state index contributed by atoms with van der Waals surface area (Å²) < 4.78 is 17.9. The highest BCUT2D eigenvalue weighted by Gasteiger charge is 2.59. The molecule has 0 radical (unpaired) electrons. The lowest BCUT2D eigenvalue weighted by molar-refractivity contribution is -0.129. The molecule has 3 aliphatic heterocycles. The van der Waals surface area contributed by atoms with Crippen molar-refractivity contribution >= 4 is 6.02 Å². The normalized spacial score (nSPS) is 30.4. The number of nitrogens with two attached hydrogens (primary N) is 1. The Hall–Kier alpha value is -3.04. The summed E-state index contributed by atoms with van der Waals surface area (Å²) in [5.74, 6) is 0.811. The van der Waals surface area contributed by atoms with E-state index < -0.39 is 5.54 Å². The van der Waals surface area contributed by atoms with Gasteiger partial charge in [-0.2, -0.15) is 5.26 Å². The molecule has 6 nitrogen and oxygen atoms in total. The maximum absolute atomic E-state index is 9.22. The molecule has 3 heterocycles. The molecule has 2 N–H and O–H groups in total. The van der Waals surface area contributed by atoms with Crippen molar-refractivity contribution in [1.82, 2.24) is 0 Å². The fourth-order valence-electron chi connectivity index (χ4n) is 4.70. The van der Waals surface area contributed by atoms with E-state index in [-0.39, 0.29) is 17.5 Å². The van der Waals surface area contributed by atoms with Crippen LogP contribution in [0.2, 0.25) is 0 Å². The highest BCUT2D eigenvalue weighted by Crippen LogP contribution is 2.54. The molecule has 1 saturated heterocycles. The van der Waals surface area contributed by atoms with E-state index in [4.69, 9.17) is 24.9 Å². The Bertz CT molecular complexity index is 1030. The first kappa shape index (κ1) is 17.1. The van der Waals surface area contributed by atoms with Gasteiger partial charge in [0.2, 0.25) is 0 Å². The van der Waals surface area contributed by atoms with Crippen LogP contribution in [0.5, 0.6) is 5.75 Å². The van der Waals surface area contributed by atoms with Gasteiger partial charge in [0.1, 0.15) is 23.5 Å². The minimum absolute atomic E-state index is 0.00277. The van der Waals surface area contributed by atoms with E-state index in [1.807, 2.05) is 30.3 Å². The summed E-state index contributed by atoms with van der Waals surface area (Å²) in [6, 6.07) is 16.1. The first-order chi connectivity index (χ1) is 13.5. The molecule has 0 bridgehead atoms. The minimum atomic E-state index is -0.629. The number of benzene rings is 2. The lowest BCUT2D eigenvalue weighted by Crippen LogP contribution is -2.59. The molecule has 2 aromatic carbocycles. The predicted molar refractivity (Wildman–Crippen MR) is 104 cm³/mol. The van der Waals surface area contributed by atoms with E-state index in [1.54, 1.807) is 6.07 Å². The predicted octanol–water partition coefficient (Wildman–Crippen LogP) is 2.95. The molecule has 2 unspecified atom stereocenters. The summed E-state index contributed by atoms with van der Waals surface area (Å²) in [6.45, 7) is 3.71. The number of hydrogen-bond donors (Lipinski definition) is 1. The lowest BCUT2D eigenvalue weighted by atomic mass is 9.66. The topological polar surface area (TPSA) is 89.9 Å². The molecule has 2 aromatic rings. The summed E-state index contributed by atoms with van der Waals surface area (Å²) in [4.78, 5) is 4.78. The van der Waals surface area contributed by atoms with E-state index in [1.165, 1.54) is 0 Å². The molecule has 0 aromatic heterocycles. The third kappa shape index (κ3) is 2.40. The van der Waals surface area contributed by atoms with Gasteiger partial charge in [0.25, 0.3) is 6.02 Å². The summed E-state index contributed by atoms with van der Waals surface area (Å²) >= 11 is 0. The molecule has 1 spiro atoms. The molecule has 6 heteroatoms. The Labute approximate surface area is 163 Å². The van der Waals surface area contributed by atoms with Crippen molar-refractivity contribution in [2.24, 2.45) is 16.6 Å². The quantitative estimate of drug-likeness (QED) is 0.828. The molecule has 0 saturated carbocycles. The summed E-state index contributed by atoms with van der Waals surface area (Å²) in [5.41, 5.74) is 8.50. The molecule has 3 aliphatic rings. The molecule has 3 atom stereocenters. The number of fused-ring (bicyclic) bond motifs is 4. The number of amidine groups is 1. The summed E-state index contributed by atoms with van der Waals surface area (Å²) in [6.07, 6.45) is 0.792. The Morgan fingerprint density at radius 1 is 1.21 bits per heavy atom. The van der Waals surface area contributed by atoms with Crippen molar-refractivity contribution in [3.05, 3.63) is 53.6 Å². The zero-order valence-corrected chi connectivity index (χ0v) is 15.6. The van der Waals surface area contributed by atoms with Crippen LogP contribution in [0.1, 0.15) is 24.5 Å². The van der Waals surface area contributed by atoms with E-state index in [0.717, 1.165) is 28.9 Å². The van der Waals surface area contributed by atoms with Gasteiger partial charge in [-0.05, 0) is 42.3 Å². The van der Waals surface area contributed by atoms with Crippen molar-refractivity contribution in [1.29, 1.82) is 5.26 Å². The largest absolute Gasteiger partial charge is 0.487 e. The van der Waals surface area contributed by atoms with Crippen LogP contribution in [0.3, 0.4) is 0 Å². The first-order valence-corrected chi connectivity index (χ1v) is 9.44. The van der Waals surface area contributed by atoms with Crippen molar-refractivity contribution in [2.75, 3.05) is 19.8 Å². The van der Waals surface area contributed by atoms with Crippen LogP contribution in [0, 0.1) is 17.2 Å². The average molecular weight is 375 g/mol. The highest BCUT2D eigenvalue weighted by atomic mass is 16.5. The van der Waals surface area contributed by atoms with Crippen LogP contribution >= 0.6 is 0 Å². The fourth-order valence-corrected chi connectivity index (χ4v) is 4.70. The van der Waals surface area contributed by atoms with Crippen LogP contribution in [0.25, 0.3) is 11.1 Å². The molecule has 1 fully saturated rings. The number of ether oxygens (including phenoxy) is 3. The van der Waals surface area contributed by atoms with Gasteiger partial charge in [-0.1, -0.05) is 18.2 Å². The SMILES string of the molecule is C[C@]12CCOCC1C1(COC(N)=N1)c1cc(-c3cccc(C#N)c3)ccc1O2. The Morgan fingerprint density at radius 2 is 2.07 bits per heavy atom. The van der Waals surface area contributed by atoms with Gasteiger partial charge in [0.15, 0.2) is 0 Å². The number of nitriles is 1. The van der Waals surface area contributed by atoms with Crippen LogP contribution in [0.4, 0.5) is 0 Å². The van der Waals surface area contributed by atoms with Crippen molar-refractivity contribution < 1.29 is 14.2 Å². The van der Waals surface area contributed by atoms with E-state index in [0.29, 0.717) is 25.4 Å². The smallest absolute Gasteiger partial charge is 0.283 e. The van der Waals surface area contributed by atoms with Crippen LogP contribution < -0.4 is 10.5 Å². The second-order valence-electron chi connectivity index (χ2n) is 7.86. The zero-order valence-electron chi connectivity index (χ0n) is 15.6. The van der Waals surface area contributed by atoms with Crippen LogP contribution in [0.15, 0.2) is 47.5 Å². The van der Waals surface area contributed by atoms with Gasteiger partial charge in [0, 0.05) is 12.0 Å². The van der Waals surface area contributed by atoms with Gasteiger partial charge in [-0.15, -0.1) is 0 Å².